The maximum absolute atomic E-state index is 12.3. The van der Waals surface area contributed by atoms with Crippen LogP contribution in [-0.2, 0) is 11.3 Å². The maximum atomic E-state index is 12.3. The number of carbonyl (C=O) groups excluding carboxylic acids is 2. The first-order valence-electron chi connectivity index (χ1n) is 9.14. The summed E-state index contributed by atoms with van der Waals surface area (Å²) < 4.78 is 0. The Morgan fingerprint density at radius 2 is 1.88 bits per heavy atom. The highest BCUT2D eigenvalue weighted by Gasteiger charge is 2.31. The van der Waals surface area contributed by atoms with E-state index in [1.54, 1.807) is 4.90 Å². The van der Waals surface area contributed by atoms with Crippen molar-refractivity contribution in [3.8, 4) is 0 Å². The number of primary amides is 1. The summed E-state index contributed by atoms with van der Waals surface area (Å²) in [6.07, 6.45) is 2.60. The third-order valence-corrected chi connectivity index (χ3v) is 5.45. The molecule has 0 bridgehead atoms. The highest BCUT2D eigenvalue weighted by atomic mass is 16.2. The van der Waals surface area contributed by atoms with Gasteiger partial charge in [-0.15, -0.1) is 0 Å². The van der Waals surface area contributed by atoms with Crippen LogP contribution >= 0.6 is 0 Å². The van der Waals surface area contributed by atoms with E-state index in [2.05, 4.69) is 41.4 Å². The molecule has 1 unspecified atom stereocenters. The first-order valence-corrected chi connectivity index (χ1v) is 9.14. The van der Waals surface area contributed by atoms with Crippen molar-refractivity contribution in [1.82, 2.24) is 15.1 Å². The SMILES string of the molecule is Cc1ccccc1CN1CCC(NC(=O)N2CCC(C(N)=O)C2)CC1. The van der Waals surface area contributed by atoms with Gasteiger partial charge >= 0.3 is 6.03 Å². The molecule has 6 heteroatoms. The second-order valence-electron chi connectivity index (χ2n) is 7.26. The zero-order valence-electron chi connectivity index (χ0n) is 14.9. The molecule has 1 aromatic carbocycles. The van der Waals surface area contributed by atoms with Crippen molar-refractivity contribution in [3.63, 3.8) is 0 Å². The van der Waals surface area contributed by atoms with Crippen molar-refractivity contribution in [2.24, 2.45) is 11.7 Å². The summed E-state index contributed by atoms with van der Waals surface area (Å²) in [6.45, 7) is 6.17. The minimum absolute atomic E-state index is 0.0545. The molecule has 3 N–H and O–H groups in total. The molecule has 2 aliphatic rings. The van der Waals surface area contributed by atoms with Gasteiger partial charge in [-0.05, 0) is 37.3 Å². The fourth-order valence-corrected chi connectivity index (χ4v) is 3.71. The molecule has 0 saturated carbocycles. The Kier molecular flexibility index (Phi) is 5.58. The molecular weight excluding hydrogens is 316 g/mol. The predicted octanol–water partition coefficient (Wildman–Crippen LogP) is 1.48. The molecule has 25 heavy (non-hydrogen) atoms. The summed E-state index contributed by atoms with van der Waals surface area (Å²) in [5.41, 5.74) is 8.03. The zero-order chi connectivity index (χ0) is 17.8. The number of benzene rings is 1. The average molecular weight is 344 g/mol. The number of amides is 3. The van der Waals surface area contributed by atoms with Crippen LogP contribution in [0.25, 0.3) is 0 Å². The van der Waals surface area contributed by atoms with E-state index in [0.717, 1.165) is 32.5 Å². The number of nitrogens with one attached hydrogen (secondary N) is 1. The van der Waals surface area contributed by atoms with E-state index < -0.39 is 0 Å². The van der Waals surface area contributed by atoms with Gasteiger partial charge in [-0.25, -0.2) is 4.79 Å². The van der Waals surface area contributed by atoms with Crippen molar-refractivity contribution >= 4 is 11.9 Å². The third kappa shape index (κ3) is 4.51. The molecule has 2 fully saturated rings. The number of aryl methyl sites for hydroxylation is 1. The number of rotatable bonds is 4. The minimum atomic E-state index is -0.306. The van der Waals surface area contributed by atoms with Crippen LogP contribution in [-0.4, -0.2) is 54.0 Å². The highest BCUT2D eigenvalue weighted by Crippen LogP contribution is 2.18. The zero-order valence-corrected chi connectivity index (χ0v) is 14.9. The second kappa shape index (κ2) is 7.87. The van der Waals surface area contributed by atoms with Crippen LogP contribution in [0.4, 0.5) is 4.79 Å². The number of nitrogens with zero attached hydrogens (tertiary/aromatic N) is 2. The molecule has 0 aromatic heterocycles. The molecule has 1 atom stereocenters. The van der Waals surface area contributed by atoms with Crippen LogP contribution in [0.1, 0.15) is 30.4 Å². The number of hydrogen-bond donors (Lipinski definition) is 2. The first-order chi connectivity index (χ1) is 12.0. The average Bonchev–Trinajstić information content (AvgIpc) is 3.09. The van der Waals surface area contributed by atoms with Crippen LogP contribution in [0.3, 0.4) is 0 Å². The number of hydrogen-bond acceptors (Lipinski definition) is 3. The number of likely N-dealkylation sites (tertiary alicyclic amines) is 2. The van der Waals surface area contributed by atoms with E-state index >= 15 is 0 Å². The Morgan fingerprint density at radius 3 is 2.52 bits per heavy atom. The molecule has 2 aliphatic heterocycles. The summed E-state index contributed by atoms with van der Waals surface area (Å²) >= 11 is 0. The van der Waals surface area contributed by atoms with E-state index in [-0.39, 0.29) is 23.9 Å². The summed E-state index contributed by atoms with van der Waals surface area (Å²) in [5, 5.41) is 3.12. The molecule has 1 aromatic rings. The van der Waals surface area contributed by atoms with Gasteiger partial charge in [-0.1, -0.05) is 24.3 Å². The van der Waals surface area contributed by atoms with Crippen molar-refractivity contribution in [1.29, 1.82) is 0 Å². The Hall–Kier alpha value is -2.08. The van der Waals surface area contributed by atoms with Gasteiger partial charge in [0.15, 0.2) is 0 Å². The maximum Gasteiger partial charge on any atom is 0.317 e. The van der Waals surface area contributed by atoms with Gasteiger partial charge in [0.05, 0.1) is 5.92 Å². The summed E-state index contributed by atoms with van der Waals surface area (Å²) in [6, 6.07) is 8.66. The lowest BCUT2D eigenvalue weighted by atomic mass is 10.0. The lowest BCUT2D eigenvalue weighted by Crippen LogP contribution is -2.48. The minimum Gasteiger partial charge on any atom is -0.369 e. The molecule has 0 radical (unpaired) electrons. The van der Waals surface area contributed by atoms with Gasteiger partial charge in [-0.3, -0.25) is 9.69 Å². The summed E-state index contributed by atoms with van der Waals surface area (Å²) in [4.78, 5) is 27.7. The van der Waals surface area contributed by atoms with E-state index in [4.69, 9.17) is 5.73 Å². The molecule has 0 spiro atoms. The van der Waals surface area contributed by atoms with E-state index in [1.807, 2.05) is 0 Å². The fraction of sp³-hybridized carbons (Fsp3) is 0.579. The number of nitrogens with two attached hydrogens (primary N) is 1. The molecule has 6 nitrogen and oxygen atoms in total. The van der Waals surface area contributed by atoms with E-state index in [9.17, 15) is 9.59 Å². The predicted molar refractivity (Wildman–Crippen MR) is 96.9 cm³/mol. The van der Waals surface area contributed by atoms with Crippen molar-refractivity contribution in [2.45, 2.75) is 38.8 Å². The molecule has 136 valence electrons. The molecule has 3 amide bonds. The van der Waals surface area contributed by atoms with Gasteiger partial charge in [-0.2, -0.15) is 0 Å². The van der Waals surface area contributed by atoms with Crippen LogP contribution in [0.2, 0.25) is 0 Å². The molecular formula is C19H28N4O2. The summed E-state index contributed by atoms with van der Waals surface area (Å²) in [5.74, 6) is -0.499. The van der Waals surface area contributed by atoms with Crippen molar-refractivity contribution in [3.05, 3.63) is 35.4 Å². The van der Waals surface area contributed by atoms with Crippen LogP contribution < -0.4 is 11.1 Å². The van der Waals surface area contributed by atoms with Gasteiger partial charge in [0.25, 0.3) is 0 Å². The van der Waals surface area contributed by atoms with Crippen LogP contribution in [0, 0.1) is 12.8 Å². The van der Waals surface area contributed by atoms with Gasteiger partial charge in [0, 0.05) is 38.8 Å². The number of piperidine rings is 1. The Morgan fingerprint density at radius 1 is 1.16 bits per heavy atom. The normalized spacial score (nSPS) is 22.1. The topological polar surface area (TPSA) is 78.7 Å². The van der Waals surface area contributed by atoms with Gasteiger partial charge in [0.2, 0.25) is 5.91 Å². The van der Waals surface area contributed by atoms with Crippen LogP contribution in [0.5, 0.6) is 0 Å². The molecule has 2 saturated heterocycles. The van der Waals surface area contributed by atoms with Crippen molar-refractivity contribution < 1.29 is 9.59 Å². The standard InChI is InChI=1S/C19H28N4O2/c1-14-4-2-3-5-15(14)12-22-9-7-17(8-10-22)21-19(25)23-11-6-16(13-23)18(20)24/h2-5,16-17H,6-13H2,1H3,(H2,20,24)(H,21,25). The molecule has 0 aliphatic carbocycles. The lowest BCUT2D eigenvalue weighted by molar-refractivity contribution is -0.121. The third-order valence-electron chi connectivity index (χ3n) is 5.45. The van der Waals surface area contributed by atoms with E-state index in [0.29, 0.717) is 19.5 Å². The monoisotopic (exact) mass is 344 g/mol. The van der Waals surface area contributed by atoms with Crippen molar-refractivity contribution in [2.75, 3.05) is 26.2 Å². The van der Waals surface area contributed by atoms with Crippen LogP contribution in [0.15, 0.2) is 24.3 Å². The quantitative estimate of drug-likeness (QED) is 0.868. The first kappa shape index (κ1) is 17.7. The number of urea groups is 1. The molecule has 3 rings (SSSR count). The van der Waals surface area contributed by atoms with E-state index in [1.165, 1.54) is 11.1 Å². The van der Waals surface area contributed by atoms with Gasteiger partial charge < -0.3 is 16.0 Å². The number of carbonyl (C=O) groups is 2. The smallest absolute Gasteiger partial charge is 0.317 e. The highest BCUT2D eigenvalue weighted by molar-refractivity contribution is 5.80. The largest absolute Gasteiger partial charge is 0.369 e. The lowest BCUT2D eigenvalue weighted by Gasteiger charge is -2.33. The molecule has 2 heterocycles. The fourth-order valence-electron chi connectivity index (χ4n) is 3.71. The Labute approximate surface area is 149 Å². The van der Waals surface area contributed by atoms with Gasteiger partial charge in [0.1, 0.15) is 0 Å². The Balaban J connectivity index is 1.43. The second-order valence-corrected chi connectivity index (χ2v) is 7.26. The summed E-state index contributed by atoms with van der Waals surface area (Å²) in [7, 11) is 0. The Bertz CT molecular complexity index is 626.